The standard InChI is InChI=1S/C17H20N2O.ClH/c1-13(2)10-14-5-7-15(8-6-14)11-19-17(20)16-4-3-9-18-12-16;/h3-9,12-13H,10-11H2,1-2H3,(H,19,20);1H. The number of hydrogen-bond donors (Lipinski definition) is 1. The van der Waals surface area contributed by atoms with Crippen LogP contribution in [-0.2, 0) is 13.0 Å². The highest BCUT2D eigenvalue weighted by Gasteiger charge is 2.04. The van der Waals surface area contributed by atoms with Gasteiger partial charge in [-0.05, 0) is 35.6 Å². The Morgan fingerprint density at radius 1 is 1.14 bits per heavy atom. The van der Waals surface area contributed by atoms with E-state index in [-0.39, 0.29) is 18.3 Å². The summed E-state index contributed by atoms with van der Waals surface area (Å²) in [7, 11) is 0. The SMILES string of the molecule is CC(C)Cc1ccc(CNC(=O)c2cccnc2)cc1.Cl. The smallest absolute Gasteiger partial charge is 0.253 e. The lowest BCUT2D eigenvalue weighted by atomic mass is 10.0. The second-order valence-electron chi connectivity index (χ2n) is 5.34. The summed E-state index contributed by atoms with van der Waals surface area (Å²) in [6.45, 7) is 4.96. The molecule has 112 valence electrons. The topological polar surface area (TPSA) is 42.0 Å². The van der Waals surface area contributed by atoms with Crippen molar-refractivity contribution >= 4 is 18.3 Å². The van der Waals surface area contributed by atoms with Crippen LogP contribution in [0.15, 0.2) is 48.8 Å². The monoisotopic (exact) mass is 304 g/mol. The Bertz CT molecular complexity index is 553. The Morgan fingerprint density at radius 3 is 2.38 bits per heavy atom. The predicted octanol–water partition coefficient (Wildman–Crippen LogP) is 3.63. The zero-order valence-corrected chi connectivity index (χ0v) is 13.2. The number of aromatic nitrogens is 1. The summed E-state index contributed by atoms with van der Waals surface area (Å²) in [5.74, 6) is 0.565. The maximum atomic E-state index is 11.9. The Kier molecular flexibility index (Phi) is 6.89. The van der Waals surface area contributed by atoms with E-state index >= 15 is 0 Å². The van der Waals surface area contributed by atoms with Gasteiger partial charge < -0.3 is 5.32 Å². The van der Waals surface area contributed by atoms with Crippen molar-refractivity contribution in [3.8, 4) is 0 Å². The normalized spacial score (nSPS) is 10.0. The van der Waals surface area contributed by atoms with Crippen LogP contribution in [0.1, 0.15) is 35.3 Å². The largest absolute Gasteiger partial charge is 0.348 e. The van der Waals surface area contributed by atoms with Gasteiger partial charge >= 0.3 is 0 Å². The third-order valence-electron chi connectivity index (χ3n) is 3.04. The minimum absolute atomic E-state index is 0. The maximum absolute atomic E-state index is 11.9. The highest BCUT2D eigenvalue weighted by Crippen LogP contribution is 2.10. The lowest BCUT2D eigenvalue weighted by Gasteiger charge is -2.08. The molecule has 0 unspecified atom stereocenters. The van der Waals surface area contributed by atoms with Crippen LogP contribution < -0.4 is 5.32 Å². The molecule has 0 fully saturated rings. The lowest BCUT2D eigenvalue weighted by molar-refractivity contribution is 0.0950. The van der Waals surface area contributed by atoms with Crippen LogP contribution >= 0.6 is 12.4 Å². The molecule has 4 heteroatoms. The first-order chi connectivity index (χ1) is 9.65. The summed E-state index contributed by atoms with van der Waals surface area (Å²) in [6.07, 6.45) is 4.31. The molecule has 2 aromatic rings. The third kappa shape index (κ3) is 5.56. The summed E-state index contributed by atoms with van der Waals surface area (Å²) in [6, 6.07) is 11.9. The third-order valence-corrected chi connectivity index (χ3v) is 3.04. The summed E-state index contributed by atoms with van der Waals surface area (Å²) < 4.78 is 0. The molecule has 1 amide bonds. The molecule has 1 N–H and O–H groups in total. The molecular formula is C17H21ClN2O. The van der Waals surface area contributed by atoms with Crippen molar-refractivity contribution in [1.82, 2.24) is 10.3 Å². The minimum atomic E-state index is -0.0932. The molecule has 0 atom stereocenters. The number of rotatable bonds is 5. The van der Waals surface area contributed by atoms with Gasteiger partial charge in [-0.15, -0.1) is 12.4 Å². The molecule has 0 aliphatic heterocycles. The van der Waals surface area contributed by atoms with E-state index in [2.05, 4.69) is 48.4 Å². The van der Waals surface area contributed by atoms with E-state index in [0.717, 1.165) is 12.0 Å². The van der Waals surface area contributed by atoms with Crippen molar-refractivity contribution in [2.75, 3.05) is 0 Å². The van der Waals surface area contributed by atoms with E-state index in [0.29, 0.717) is 18.0 Å². The number of amides is 1. The predicted molar refractivity (Wildman–Crippen MR) is 87.6 cm³/mol. The van der Waals surface area contributed by atoms with Gasteiger partial charge in [-0.1, -0.05) is 38.1 Å². The molecule has 3 nitrogen and oxygen atoms in total. The lowest BCUT2D eigenvalue weighted by Crippen LogP contribution is -2.22. The van der Waals surface area contributed by atoms with Crippen molar-refractivity contribution in [3.05, 3.63) is 65.5 Å². The van der Waals surface area contributed by atoms with E-state index < -0.39 is 0 Å². The number of benzene rings is 1. The Hall–Kier alpha value is -1.87. The first-order valence-corrected chi connectivity index (χ1v) is 6.91. The van der Waals surface area contributed by atoms with Crippen molar-refractivity contribution in [3.63, 3.8) is 0 Å². The Labute approximate surface area is 132 Å². The first kappa shape index (κ1) is 17.2. The molecule has 1 heterocycles. The zero-order valence-electron chi connectivity index (χ0n) is 12.4. The van der Waals surface area contributed by atoms with Crippen LogP contribution in [0.25, 0.3) is 0 Å². The van der Waals surface area contributed by atoms with Gasteiger partial charge in [0.2, 0.25) is 0 Å². The van der Waals surface area contributed by atoms with Gasteiger partial charge in [0.1, 0.15) is 0 Å². The van der Waals surface area contributed by atoms with E-state index in [9.17, 15) is 4.79 Å². The second-order valence-corrected chi connectivity index (χ2v) is 5.34. The minimum Gasteiger partial charge on any atom is -0.348 e. The molecule has 0 saturated carbocycles. The van der Waals surface area contributed by atoms with E-state index in [1.807, 2.05) is 0 Å². The molecule has 1 aromatic carbocycles. The van der Waals surface area contributed by atoms with E-state index in [1.165, 1.54) is 5.56 Å². The van der Waals surface area contributed by atoms with Crippen molar-refractivity contribution in [2.45, 2.75) is 26.8 Å². The van der Waals surface area contributed by atoms with Crippen LogP contribution in [-0.4, -0.2) is 10.9 Å². The Morgan fingerprint density at radius 2 is 1.81 bits per heavy atom. The van der Waals surface area contributed by atoms with Crippen LogP contribution in [0.4, 0.5) is 0 Å². The average Bonchev–Trinajstić information content (AvgIpc) is 2.46. The Balaban J connectivity index is 0.00000220. The molecule has 1 aromatic heterocycles. The molecule has 0 bridgehead atoms. The number of hydrogen-bond acceptors (Lipinski definition) is 2. The first-order valence-electron chi connectivity index (χ1n) is 6.91. The molecule has 0 saturated heterocycles. The summed E-state index contributed by atoms with van der Waals surface area (Å²) in [4.78, 5) is 15.8. The second kappa shape index (κ2) is 8.42. The summed E-state index contributed by atoms with van der Waals surface area (Å²) >= 11 is 0. The number of pyridine rings is 1. The molecular weight excluding hydrogens is 284 g/mol. The highest BCUT2D eigenvalue weighted by atomic mass is 35.5. The zero-order chi connectivity index (χ0) is 14.4. The fraction of sp³-hybridized carbons (Fsp3) is 0.294. The van der Waals surface area contributed by atoms with Crippen LogP contribution in [0, 0.1) is 5.92 Å². The molecule has 21 heavy (non-hydrogen) atoms. The van der Waals surface area contributed by atoms with E-state index in [1.54, 1.807) is 24.5 Å². The van der Waals surface area contributed by atoms with Gasteiger partial charge in [-0.25, -0.2) is 0 Å². The van der Waals surface area contributed by atoms with Gasteiger partial charge in [0.05, 0.1) is 5.56 Å². The molecule has 0 spiro atoms. The van der Waals surface area contributed by atoms with Crippen molar-refractivity contribution < 1.29 is 4.79 Å². The number of halogens is 1. The van der Waals surface area contributed by atoms with Crippen LogP contribution in [0.3, 0.4) is 0 Å². The molecule has 0 radical (unpaired) electrons. The summed E-state index contributed by atoms with van der Waals surface area (Å²) in [5.41, 5.74) is 3.03. The van der Waals surface area contributed by atoms with Crippen molar-refractivity contribution in [1.29, 1.82) is 0 Å². The van der Waals surface area contributed by atoms with Gasteiger partial charge in [-0.2, -0.15) is 0 Å². The van der Waals surface area contributed by atoms with Gasteiger partial charge in [0, 0.05) is 18.9 Å². The maximum Gasteiger partial charge on any atom is 0.253 e. The quantitative estimate of drug-likeness (QED) is 0.916. The number of carbonyl (C=O) groups is 1. The molecule has 2 rings (SSSR count). The molecule has 0 aliphatic rings. The van der Waals surface area contributed by atoms with Gasteiger partial charge in [0.25, 0.3) is 5.91 Å². The summed E-state index contributed by atoms with van der Waals surface area (Å²) in [5, 5.41) is 2.90. The van der Waals surface area contributed by atoms with Crippen LogP contribution in [0.5, 0.6) is 0 Å². The number of carbonyl (C=O) groups excluding carboxylic acids is 1. The van der Waals surface area contributed by atoms with Gasteiger partial charge in [0.15, 0.2) is 0 Å². The van der Waals surface area contributed by atoms with E-state index in [4.69, 9.17) is 0 Å². The van der Waals surface area contributed by atoms with Crippen LogP contribution in [0.2, 0.25) is 0 Å². The number of nitrogens with one attached hydrogen (secondary N) is 1. The fourth-order valence-electron chi connectivity index (χ4n) is 2.05. The highest BCUT2D eigenvalue weighted by molar-refractivity contribution is 5.93. The fourth-order valence-corrected chi connectivity index (χ4v) is 2.05. The van der Waals surface area contributed by atoms with Crippen molar-refractivity contribution in [2.24, 2.45) is 5.92 Å². The van der Waals surface area contributed by atoms with Gasteiger partial charge in [-0.3, -0.25) is 9.78 Å². The number of nitrogens with zero attached hydrogens (tertiary/aromatic N) is 1. The molecule has 0 aliphatic carbocycles. The average molecular weight is 305 g/mol.